The average Bonchev–Trinajstić information content (AvgIpc) is 2.42. The summed E-state index contributed by atoms with van der Waals surface area (Å²) in [5.41, 5.74) is 2.14. The summed E-state index contributed by atoms with van der Waals surface area (Å²) in [7, 11) is 0. The molecule has 0 amide bonds. The molecule has 0 aliphatic rings. The number of aryl methyl sites for hydroxylation is 1. The Hall–Kier alpha value is -1.10. The van der Waals surface area contributed by atoms with Crippen LogP contribution in [0.4, 0.5) is 0 Å². The molecule has 21 heavy (non-hydrogen) atoms. The van der Waals surface area contributed by atoms with E-state index in [1.807, 2.05) is 25.1 Å². The molecule has 0 atom stereocenters. The third kappa shape index (κ3) is 4.99. The Bertz CT molecular complexity index is 602. The van der Waals surface area contributed by atoms with Gasteiger partial charge in [-0.05, 0) is 48.8 Å². The first-order valence-corrected chi connectivity index (χ1v) is 8.21. The number of aromatic nitrogens is 2. The maximum absolute atomic E-state index is 6.36. The van der Waals surface area contributed by atoms with Gasteiger partial charge in [0.1, 0.15) is 0 Å². The highest BCUT2D eigenvalue weighted by molar-refractivity contribution is 7.99. The van der Waals surface area contributed by atoms with E-state index in [2.05, 4.69) is 35.2 Å². The molecule has 0 saturated carbocycles. The second kappa shape index (κ2) is 7.78. The van der Waals surface area contributed by atoms with E-state index in [4.69, 9.17) is 11.6 Å². The molecule has 0 spiro atoms. The first-order chi connectivity index (χ1) is 10.1. The van der Waals surface area contributed by atoms with Gasteiger partial charge in [0.2, 0.25) is 0 Å². The van der Waals surface area contributed by atoms with E-state index in [-0.39, 0.29) is 0 Å². The van der Waals surface area contributed by atoms with E-state index in [9.17, 15) is 0 Å². The maximum atomic E-state index is 6.36. The average molecular weight is 322 g/mol. The number of rotatable bonds is 6. The standard InChI is InChI=1S/C16H20ClN3S/c1-11(2)9-18-10-13-5-4-6-14(17)15(13)21-16-19-8-7-12(3)20-16/h4-8,11,18H,9-10H2,1-3H3. The Morgan fingerprint density at radius 1 is 1.29 bits per heavy atom. The van der Waals surface area contributed by atoms with Crippen LogP contribution in [-0.2, 0) is 6.54 Å². The quantitative estimate of drug-likeness (QED) is 0.803. The third-order valence-corrected chi connectivity index (χ3v) is 4.38. The summed E-state index contributed by atoms with van der Waals surface area (Å²) in [6.45, 7) is 8.14. The van der Waals surface area contributed by atoms with Gasteiger partial charge in [-0.25, -0.2) is 9.97 Å². The summed E-state index contributed by atoms with van der Waals surface area (Å²) in [5, 5.41) is 4.93. The normalized spacial score (nSPS) is 11.1. The Morgan fingerprint density at radius 2 is 2.10 bits per heavy atom. The number of benzene rings is 1. The van der Waals surface area contributed by atoms with Gasteiger partial charge < -0.3 is 5.32 Å². The minimum atomic E-state index is 0.625. The van der Waals surface area contributed by atoms with Gasteiger partial charge in [-0.1, -0.05) is 37.6 Å². The molecule has 3 nitrogen and oxygen atoms in total. The predicted octanol–water partition coefficient (Wildman–Crippen LogP) is 4.34. The molecule has 0 aliphatic heterocycles. The van der Waals surface area contributed by atoms with Gasteiger partial charge in [-0.3, -0.25) is 0 Å². The summed E-state index contributed by atoms with van der Waals surface area (Å²) in [5.74, 6) is 0.625. The van der Waals surface area contributed by atoms with Crippen molar-refractivity contribution in [1.29, 1.82) is 0 Å². The van der Waals surface area contributed by atoms with Crippen molar-refractivity contribution in [2.24, 2.45) is 5.92 Å². The summed E-state index contributed by atoms with van der Waals surface area (Å²) in [6.07, 6.45) is 1.78. The number of nitrogens with one attached hydrogen (secondary N) is 1. The summed E-state index contributed by atoms with van der Waals surface area (Å²) < 4.78 is 0. The summed E-state index contributed by atoms with van der Waals surface area (Å²) in [6, 6.07) is 7.88. The molecule has 2 aromatic rings. The molecule has 0 aliphatic carbocycles. The summed E-state index contributed by atoms with van der Waals surface area (Å²) >= 11 is 7.88. The van der Waals surface area contributed by atoms with Crippen molar-refractivity contribution >= 4 is 23.4 Å². The van der Waals surface area contributed by atoms with Crippen LogP contribution in [0.1, 0.15) is 25.1 Å². The number of hydrogen-bond acceptors (Lipinski definition) is 4. The minimum Gasteiger partial charge on any atom is -0.312 e. The molecular formula is C16H20ClN3S. The largest absolute Gasteiger partial charge is 0.312 e. The molecule has 1 heterocycles. The molecule has 1 aromatic carbocycles. The lowest BCUT2D eigenvalue weighted by Gasteiger charge is -2.12. The van der Waals surface area contributed by atoms with Gasteiger partial charge in [0.05, 0.1) is 5.02 Å². The zero-order chi connectivity index (χ0) is 15.2. The van der Waals surface area contributed by atoms with Crippen LogP contribution in [0.5, 0.6) is 0 Å². The van der Waals surface area contributed by atoms with E-state index in [0.717, 1.165) is 33.9 Å². The van der Waals surface area contributed by atoms with Gasteiger partial charge in [0, 0.05) is 23.3 Å². The van der Waals surface area contributed by atoms with Crippen LogP contribution in [0.2, 0.25) is 5.02 Å². The van der Waals surface area contributed by atoms with Crippen molar-refractivity contribution in [3.8, 4) is 0 Å². The van der Waals surface area contributed by atoms with Crippen molar-refractivity contribution in [2.45, 2.75) is 37.4 Å². The zero-order valence-corrected chi connectivity index (χ0v) is 14.1. The maximum Gasteiger partial charge on any atom is 0.192 e. The SMILES string of the molecule is Cc1ccnc(Sc2c(Cl)cccc2CNCC(C)C)n1. The van der Waals surface area contributed by atoms with E-state index in [1.54, 1.807) is 6.20 Å². The Balaban J connectivity index is 2.17. The molecule has 0 saturated heterocycles. The monoisotopic (exact) mass is 321 g/mol. The summed E-state index contributed by atoms with van der Waals surface area (Å²) in [4.78, 5) is 9.76. The molecule has 0 radical (unpaired) electrons. The van der Waals surface area contributed by atoms with Crippen LogP contribution in [0, 0.1) is 12.8 Å². The number of halogens is 1. The first kappa shape index (κ1) is 16.3. The number of hydrogen-bond donors (Lipinski definition) is 1. The van der Waals surface area contributed by atoms with Gasteiger partial charge in [0.15, 0.2) is 5.16 Å². The van der Waals surface area contributed by atoms with Crippen molar-refractivity contribution in [1.82, 2.24) is 15.3 Å². The fourth-order valence-corrected chi connectivity index (χ4v) is 3.10. The molecule has 1 aromatic heterocycles. The first-order valence-electron chi connectivity index (χ1n) is 7.02. The molecule has 0 fully saturated rings. The van der Waals surface area contributed by atoms with E-state index in [1.165, 1.54) is 17.3 Å². The van der Waals surface area contributed by atoms with Crippen molar-refractivity contribution in [3.05, 3.63) is 46.7 Å². The molecular weight excluding hydrogens is 302 g/mol. The highest BCUT2D eigenvalue weighted by Crippen LogP contribution is 2.34. The predicted molar refractivity (Wildman–Crippen MR) is 88.9 cm³/mol. The molecule has 0 bridgehead atoms. The van der Waals surface area contributed by atoms with Crippen LogP contribution in [0.15, 0.2) is 40.5 Å². The molecule has 5 heteroatoms. The highest BCUT2D eigenvalue weighted by atomic mass is 35.5. The van der Waals surface area contributed by atoms with Gasteiger partial charge in [-0.15, -0.1) is 0 Å². The molecule has 2 rings (SSSR count). The smallest absolute Gasteiger partial charge is 0.192 e. The molecule has 0 unspecified atom stereocenters. The lowest BCUT2D eigenvalue weighted by atomic mass is 10.2. The van der Waals surface area contributed by atoms with Crippen molar-refractivity contribution in [3.63, 3.8) is 0 Å². The van der Waals surface area contributed by atoms with Crippen LogP contribution in [0.3, 0.4) is 0 Å². The lowest BCUT2D eigenvalue weighted by Crippen LogP contribution is -2.19. The van der Waals surface area contributed by atoms with Gasteiger partial charge in [-0.2, -0.15) is 0 Å². The highest BCUT2D eigenvalue weighted by Gasteiger charge is 2.10. The lowest BCUT2D eigenvalue weighted by molar-refractivity contribution is 0.550. The fraction of sp³-hybridized carbons (Fsp3) is 0.375. The fourth-order valence-electron chi connectivity index (χ4n) is 1.87. The second-order valence-corrected chi connectivity index (χ2v) is 6.72. The number of nitrogens with zero attached hydrogens (tertiary/aromatic N) is 2. The second-order valence-electron chi connectivity index (χ2n) is 5.34. The van der Waals surface area contributed by atoms with E-state index >= 15 is 0 Å². The third-order valence-electron chi connectivity index (χ3n) is 2.88. The van der Waals surface area contributed by atoms with E-state index < -0.39 is 0 Å². The van der Waals surface area contributed by atoms with Gasteiger partial charge >= 0.3 is 0 Å². The minimum absolute atomic E-state index is 0.625. The van der Waals surface area contributed by atoms with Crippen LogP contribution >= 0.6 is 23.4 Å². The van der Waals surface area contributed by atoms with Crippen LogP contribution in [0.25, 0.3) is 0 Å². The Kier molecular flexibility index (Phi) is 6.03. The Morgan fingerprint density at radius 3 is 2.81 bits per heavy atom. The Labute approximate surface area is 135 Å². The van der Waals surface area contributed by atoms with Crippen LogP contribution in [-0.4, -0.2) is 16.5 Å². The van der Waals surface area contributed by atoms with Gasteiger partial charge in [0.25, 0.3) is 0 Å². The van der Waals surface area contributed by atoms with Crippen LogP contribution < -0.4 is 5.32 Å². The van der Waals surface area contributed by atoms with Crippen molar-refractivity contribution < 1.29 is 0 Å². The molecule has 1 N–H and O–H groups in total. The zero-order valence-electron chi connectivity index (χ0n) is 12.6. The van der Waals surface area contributed by atoms with Crippen molar-refractivity contribution in [2.75, 3.05) is 6.54 Å². The van der Waals surface area contributed by atoms with E-state index in [0.29, 0.717) is 5.92 Å². The topological polar surface area (TPSA) is 37.8 Å². The molecule has 112 valence electrons.